The summed E-state index contributed by atoms with van der Waals surface area (Å²) in [6.07, 6.45) is 0. The molecule has 0 radical (unpaired) electrons. The first-order valence-corrected chi connectivity index (χ1v) is 7.61. The van der Waals surface area contributed by atoms with Crippen LogP contribution in [0.3, 0.4) is 0 Å². The van der Waals surface area contributed by atoms with Crippen molar-refractivity contribution in [3.63, 3.8) is 0 Å². The molecule has 2 aromatic carbocycles. The number of hydrogen-bond donors (Lipinski definition) is 2. The number of amides is 1. The van der Waals surface area contributed by atoms with Gasteiger partial charge in [0.1, 0.15) is 0 Å². The Kier molecular flexibility index (Phi) is 5.09. The molecule has 0 aromatic heterocycles. The Bertz CT molecular complexity index is 680. The molecule has 2 N–H and O–H groups in total. The minimum atomic E-state index is -0.236. The van der Waals surface area contributed by atoms with Crippen molar-refractivity contribution >= 4 is 44.9 Å². The van der Waals surface area contributed by atoms with E-state index in [9.17, 15) is 4.79 Å². The maximum absolute atomic E-state index is 12.1. The zero-order valence-electron chi connectivity index (χ0n) is 11.7. The molecule has 1 amide bonds. The van der Waals surface area contributed by atoms with E-state index in [0.717, 1.165) is 21.3 Å². The van der Waals surface area contributed by atoms with Crippen molar-refractivity contribution in [1.82, 2.24) is 5.32 Å². The fraction of sp³-hybridized carbons (Fsp3) is 0.125. The predicted octanol–water partition coefficient (Wildman–Crippen LogP) is 4.19. The monoisotopic (exact) mass is 362 g/mol. The predicted molar refractivity (Wildman–Crippen MR) is 93.7 cm³/mol. The van der Waals surface area contributed by atoms with E-state index >= 15 is 0 Å². The van der Waals surface area contributed by atoms with Gasteiger partial charge < -0.3 is 5.32 Å². The topological polar surface area (TPSA) is 41.1 Å². The van der Waals surface area contributed by atoms with E-state index < -0.39 is 0 Å². The number of nitrogens with one attached hydrogen (secondary N) is 2. The van der Waals surface area contributed by atoms with Gasteiger partial charge in [0.05, 0.1) is 0 Å². The summed E-state index contributed by atoms with van der Waals surface area (Å²) >= 11 is 8.55. The van der Waals surface area contributed by atoms with Crippen molar-refractivity contribution in [1.29, 1.82) is 0 Å². The van der Waals surface area contributed by atoms with Gasteiger partial charge in [-0.1, -0.05) is 40.2 Å². The number of benzene rings is 2. The number of carbonyl (C=O) groups excluding carboxylic acids is 1. The van der Waals surface area contributed by atoms with E-state index in [1.165, 1.54) is 0 Å². The van der Waals surface area contributed by atoms with Crippen molar-refractivity contribution in [3.8, 4) is 0 Å². The summed E-state index contributed by atoms with van der Waals surface area (Å²) in [7, 11) is 0. The molecule has 0 atom stereocenters. The molecule has 108 valence electrons. The molecule has 2 rings (SSSR count). The van der Waals surface area contributed by atoms with Crippen LogP contribution in [0.4, 0.5) is 5.69 Å². The van der Waals surface area contributed by atoms with E-state index in [1.807, 2.05) is 38.1 Å². The SMILES string of the molecule is Cc1cccc(C)c1NC(=S)NC(=O)c1cccc(Br)c1. The maximum atomic E-state index is 12.1. The highest BCUT2D eigenvalue weighted by atomic mass is 79.9. The highest BCUT2D eigenvalue weighted by Crippen LogP contribution is 2.19. The molecule has 21 heavy (non-hydrogen) atoms. The van der Waals surface area contributed by atoms with Crippen LogP contribution >= 0.6 is 28.1 Å². The van der Waals surface area contributed by atoms with Gasteiger partial charge in [0, 0.05) is 15.7 Å². The first-order chi connectivity index (χ1) is 9.97. The van der Waals surface area contributed by atoms with Crippen LogP contribution in [0, 0.1) is 13.8 Å². The van der Waals surface area contributed by atoms with Crippen LogP contribution in [-0.2, 0) is 0 Å². The standard InChI is InChI=1S/C16H15BrN2OS/c1-10-5-3-6-11(2)14(10)18-16(21)19-15(20)12-7-4-8-13(17)9-12/h3-9H,1-2H3,(H2,18,19,20,21). The highest BCUT2D eigenvalue weighted by Gasteiger charge is 2.10. The number of anilines is 1. The lowest BCUT2D eigenvalue weighted by molar-refractivity contribution is 0.0977. The summed E-state index contributed by atoms with van der Waals surface area (Å²) in [5.41, 5.74) is 3.63. The van der Waals surface area contributed by atoms with E-state index in [1.54, 1.807) is 18.2 Å². The Labute approximate surface area is 137 Å². The second-order valence-corrected chi connectivity index (χ2v) is 6.01. The zero-order valence-corrected chi connectivity index (χ0v) is 14.1. The van der Waals surface area contributed by atoms with Gasteiger partial charge in [0.25, 0.3) is 5.91 Å². The van der Waals surface area contributed by atoms with Crippen molar-refractivity contribution in [2.75, 3.05) is 5.32 Å². The lowest BCUT2D eigenvalue weighted by Gasteiger charge is -2.14. The molecule has 0 saturated carbocycles. The normalized spacial score (nSPS) is 10.0. The minimum absolute atomic E-state index is 0.236. The third kappa shape index (κ3) is 4.12. The summed E-state index contributed by atoms with van der Waals surface area (Å²) < 4.78 is 0.851. The van der Waals surface area contributed by atoms with Crippen LogP contribution in [0.25, 0.3) is 0 Å². The number of halogens is 1. The second kappa shape index (κ2) is 6.83. The third-order valence-electron chi connectivity index (χ3n) is 3.03. The number of para-hydroxylation sites is 1. The van der Waals surface area contributed by atoms with Crippen molar-refractivity contribution < 1.29 is 4.79 Å². The molecule has 0 bridgehead atoms. The molecule has 0 heterocycles. The molecule has 2 aromatic rings. The quantitative estimate of drug-likeness (QED) is 0.786. The van der Waals surface area contributed by atoms with Gasteiger partial charge in [-0.3, -0.25) is 10.1 Å². The van der Waals surface area contributed by atoms with E-state index in [4.69, 9.17) is 12.2 Å². The van der Waals surface area contributed by atoms with Gasteiger partial charge >= 0.3 is 0 Å². The molecular weight excluding hydrogens is 348 g/mol. The smallest absolute Gasteiger partial charge is 0.257 e. The molecular formula is C16H15BrN2OS. The average Bonchev–Trinajstić information content (AvgIpc) is 2.43. The minimum Gasteiger partial charge on any atom is -0.332 e. The summed E-state index contributed by atoms with van der Waals surface area (Å²) in [5.74, 6) is -0.236. The highest BCUT2D eigenvalue weighted by molar-refractivity contribution is 9.10. The van der Waals surface area contributed by atoms with Crippen LogP contribution in [-0.4, -0.2) is 11.0 Å². The van der Waals surface area contributed by atoms with Crippen LogP contribution in [0.15, 0.2) is 46.9 Å². The van der Waals surface area contributed by atoms with Gasteiger partial charge in [-0.25, -0.2) is 0 Å². The van der Waals surface area contributed by atoms with Gasteiger partial charge in [-0.05, 0) is 55.4 Å². The molecule has 0 unspecified atom stereocenters. The largest absolute Gasteiger partial charge is 0.332 e. The molecule has 0 aliphatic heterocycles. The number of rotatable bonds is 2. The van der Waals surface area contributed by atoms with E-state index in [-0.39, 0.29) is 11.0 Å². The average molecular weight is 363 g/mol. The Morgan fingerprint density at radius 2 is 1.71 bits per heavy atom. The molecule has 0 saturated heterocycles. The molecule has 0 aliphatic carbocycles. The Morgan fingerprint density at radius 3 is 2.33 bits per heavy atom. The third-order valence-corrected chi connectivity index (χ3v) is 3.73. The first kappa shape index (κ1) is 15.7. The maximum Gasteiger partial charge on any atom is 0.257 e. The van der Waals surface area contributed by atoms with Gasteiger partial charge in [0.2, 0.25) is 0 Å². The van der Waals surface area contributed by atoms with Crippen molar-refractivity contribution in [2.45, 2.75) is 13.8 Å². The number of aryl methyl sites for hydroxylation is 2. The van der Waals surface area contributed by atoms with Crippen molar-refractivity contribution in [3.05, 3.63) is 63.6 Å². The van der Waals surface area contributed by atoms with Crippen LogP contribution in [0.2, 0.25) is 0 Å². The van der Waals surface area contributed by atoms with Gasteiger partial charge in [-0.2, -0.15) is 0 Å². The van der Waals surface area contributed by atoms with Gasteiger partial charge in [0.15, 0.2) is 5.11 Å². The number of thiocarbonyl (C=S) groups is 1. The zero-order chi connectivity index (χ0) is 15.4. The Balaban J connectivity index is 2.07. The lowest BCUT2D eigenvalue weighted by Crippen LogP contribution is -2.34. The Morgan fingerprint density at radius 1 is 1.10 bits per heavy atom. The first-order valence-electron chi connectivity index (χ1n) is 6.41. The molecule has 0 spiro atoms. The van der Waals surface area contributed by atoms with E-state index in [2.05, 4.69) is 26.6 Å². The summed E-state index contributed by atoms with van der Waals surface area (Å²) in [6.45, 7) is 3.99. The second-order valence-electron chi connectivity index (χ2n) is 4.69. The molecule has 0 aliphatic rings. The Hall–Kier alpha value is -1.72. The summed E-state index contributed by atoms with van der Waals surface area (Å²) in [6, 6.07) is 13.1. The summed E-state index contributed by atoms with van der Waals surface area (Å²) in [5, 5.41) is 6.06. The van der Waals surface area contributed by atoms with Crippen LogP contribution < -0.4 is 10.6 Å². The molecule has 3 nitrogen and oxygen atoms in total. The fourth-order valence-electron chi connectivity index (χ4n) is 1.96. The van der Waals surface area contributed by atoms with Crippen LogP contribution in [0.1, 0.15) is 21.5 Å². The number of carbonyl (C=O) groups is 1. The fourth-order valence-corrected chi connectivity index (χ4v) is 2.56. The summed E-state index contributed by atoms with van der Waals surface area (Å²) in [4.78, 5) is 12.1. The van der Waals surface area contributed by atoms with Crippen molar-refractivity contribution in [2.24, 2.45) is 0 Å². The molecule has 0 fully saturated rings. The number of hydrogen-bond acceptors (Lipinski definition) is 2. The van der Waals surface area contributed by atoms with Crippen LogP contribution in [0.5, 0.6) is 0 Å². The van der Waals surface area contributed by atoms with E-state index in [0.29, 0.717) is 5.56 Å². The molecule has 5 heteroatoms. The lowest BCUT2D eigenvalue weighted by atomic mass is 10.1. The van der Waals surface area contributed by atoms with Gasteiger partial charge in [-0.15, -0.1) is 0 Å².